The van der Waals surface area contributed by atoms with Gasteiger partial charge in [0.15, 0.2) is 0 Å². The fourth-order valence-electron chi connectivity index (χ4n) is 13.1. The Kier molecular flexibility index (Phi) is 6.43. The SMILES string of the molecule is c1ccc2c(c1)-c1ccc(-c3c4ccccc4c(-c4ccc(-c5ccc6c(ccc7ccccc76)c5)cc4)c4ccccc34)cc1C21C2CC3CC(C2)CC1C3. The second kappa shape index (κ2) is 11.5. The predicted molar refractivity (Wildman–Crippen MR) is 236 cm³/mol. The lowest BCUT2D eigenvalue weighted by atomic mass is 9.43. The highest BCUT2D eigenvalue weighted by Gasteiger charge is 2.61. The summed E-state index contributed by atoms with van der Waals surface area (Å²) >= 11 is 0. The van der Waals surface area contributed by atoms with Crippen LogP contribution in [0.1, 0.15) is 43.2 Å². The van der Waals surface area contributed by atoms with Crippen molar-refractivity contribution >= 4 is 43.1 Å². The van der Waals surface area contributed by atoms with Crippen molar-refractivity contribution < 1.29 is 0 Å². The minimum atomic E-state index is 0.154. The smallest absolute Gasteiger partial charge is 0.0272 e. The second-order valence-electron chi connectivity index (χ2n) is 17.6. The Hall–Kier alpha value is -5.98. The van der Waals surface area contributed by atoms with Gasteiger partial charge in [0.1, 0.15) is 0 Å². The zero-order valence-electron chi connectivity index (χ0n) is 31.5. The molecule has 0 unspecified atom stereocenters. The van der Waals surface area contributed by atoms with Crippen molar-refractivity contribution in [2.24, 2.45) is 23.7 Å². The number of fused-ring (bicyclic) bond motifs is 8. The molecule has 9 aromatic carbocycles. The summed E-state index contributed by atoms with van der Waals surface area (Å²) in [4.78, 5) is 0. The summed E-state index contributed by atoms with van der Waals surface area (Å²) in [7, 11) is 0. The normalized spacial score (nSPS) is 23.1. The molecule has 1 spiro atoms. The molecule has 4 fully saturated rings. The number of benzene rings is 9. The molecule has 0 heteroatoms. The van der Waals surface area contributed by atoms with Crippen molar-refractivity contribution in [3.05, 3.63) is 181 Å². The third-order valence-electron chi connectivity index (χ3n) is 15.0. The van der Waals surface area contributed by atoms with Crippen molar-refractivity contribution in [3.63, 3.8) is 0 Å². The fraction of sp³-hybridized carbons (Fsp3) is 0.179. The lowest BCUT2D eigenvalue weighted by molar-refractivity contribution is -0.0399. The summed E-state index contributed by atoms with van der Waals surface area (Å²) < 4.78 is 0. The van der Waals surface area contributed by atoms with Crippen LogP contribution in [-0.2, 0) is 5.41 Å². The van der Waals surface area contributed by atoms with E-state index in [0.717, 1.165) is 23.7 Å². The van der Waals surface area contributed by atoms with Crippen LogP contribution in [0.15, 0.2) is 170 Å². The molecule has 0 nitrogen and oxygen atoms in total. The van der Waals surface area contributed by atoms with E-state index in [-0.39, 0.29) is 5.41 Å². The van der Waals surface area contributed by atoms with Gasteiger partial charge in [-0.25, -0.2) is 0 Å². The molecule has 4 bridgehead atoms. The first kappa shape index (κ1) is 31.2. The molecule has 56 heavy (non-hydrogen) atoms. The molecular weight excluding hydrogens is 673 g/mol. The van der Waals surface area contributed by atoms with Crippen LogP contribution in [0.3, 0.4) is 0 Å². The molecule has 4 saturated carbocycles. The van der Waals surface area contributed by atoms with Crippen LogP contribution in [0.25, 0.3) is 87.6 Å². The van der Waals surface area contributed by atoms with Crippen LogP contribution in [0.4, 0.5) is 0 Å². The molecule has 0 aromatic heterocycles. The first-order chi connectivity index (χ1) is 27.7. The molecule has 0 amide bonds. The molecule has 0 atom stereocenters. The van der Waals surface area contributed by atoms with Crippen LogP contribution in [0.5, 0.6) is 0 Å². The predicted octanol–water partition coefficient (Wildman–Crippen LogP) is 15.0. The van der Waals surface area contributed by atoms with Crippen LogP contribution in [0.2, 0.25) is 0 Å². The monoisotopic (exact) mass is 714 g/mol. The Bertz CT molecular complexity index is 3000. The van der Waals surface area contributed by atoms with Crippen molar-refractivity contribution in [2.75, 3.05) is 0 Å². The first-order valence-corrected chi connectivity index (χ1v) is 20.9. The zero-order chi connectivity index (χ0) is 36.5. The van der Waals surface area contributed by atoms with Gasteiger partial charge >= 0.3 is 0 Å². The van der Waals surface area contributed by atoms with Crippen LogP contribution >= 0.6 is 0 Å². The highest BCUT2D eigenvalue weighted by atomic mass is 14.6. The van der Waals surface area contributed by atoms with Gasteiger partial charge in [-0.15, -0.1) is 0 Å². The van der Waals surface area contributed by atoms with E-state index in [1.54, 1.807) is 11.1 Å². The Balaban J connectivity index is 0.967. The molecule has 0 heterocycles. The van der Waals surface area contributed by atoms with E-state index in [0.29, 0.717) is 0 Å². The lowest BCUT2D eigenvalue weighted by Crippen LogP contribution is -2.55. The number of rotatable bonds is 3. The minimum absolute atomic E-state index is 0.154. The van der Waals surface area contributed by atoms with Gasteiger partial charge in [-0.2, -0.15) is 0 Å². The van der Waals surface area contributed by atoms with E-state index in [2.05, 4.69) is 170 Å². The summed E-state index contributed by atoms with van der Waals surface area (Å²) in [5, 5.41) is 10.5. The van der Waals surface area contributed by atoms with Crippen molar-refractivity contribution in [2.45, 2.75) is 37.5 Å². The van der Waals surface area contributed by atoms with Gasteiger partial charge in [0.2, 0.25) is 0 Å². The van der Waals surface area contributed by atoms with E-state index < -0.39 is 0 Å². The van der Waals surface area contributed by atoms with Gasteiger partial charge < -0.3 is 0 Å². The maximum Gasteiger partial charge on any atom is 0.0272 e. The standard InChI is InChI=1S/C56H42/c1-2-10-44-37(9-1)19-22-40-32-39(23-25-45(40)44)36-17-20-38(21-18-36)54-48-12-3-5-14-50(48)55(51-15-6-4-13-49(51)54)41-24-26-47-46-11-7-8-16-52(46)56(53(47)33-41)42-28-34-27-35(30-42)31-43(56)29-34/h1-26,32-35,42-43H,27-31H2. The number of hydrogen-bond donors (Lipinski definition) is 0. The van der Waals surface area contributed by atoms with Gasteiger partial charge in [0.05, 0.1) is 0 Å². The average molecular weight is 715 g/mol. The zero-order valence-corrected chi connectivity index (χ0v) is 31.5. The fourth-order valence-corrected chi connectivity index (χ4v) is 13.1. The summed E-state index contributed by atoms with van der Waals surface area (Å²) in [6.45, 7) is 0. The average Bonchev–Trinajstić information content (AvgIpc) is 3.54. The van der Waals surface area contributed by atoms with E-state index >= 15 is 0 Å². The van der Waals surface area contributed by atoms with Crippen molar-refractivity contribution in [1.29, 1.82) is 0 Å². The summed E-state index contributed by atoms with van der Waals surface area (Å²) in [6.07, 6.45) is 7.10. The lowest BCUT2D eigenvalue weighted by Gasteiger charge is -2.61. The quantitative estimate of drug-likeness (QED) is 0.126. The molecule has 14 rings (SSSR count). The van der Waals surface area contributed by atoms with Gasteiger partial charge in [-0.3, -0.25) is 0 Å². The van der Waals surface area contributed by atoms with E-state index in [1.165, 1.54) is 120 Å². The van der Waals surface area contributed by atoms with Crippen molar-refractivity contribution in [1.82, 2.24) is 0 Å². The summed E-state index contributed by atoms with van der Waals surface area (Å²) in [5.74, 6) is 3.38. The van der Waals surface area contributed by atoms with Crippen molar-refractivity contribution in [3.8, 4) is 44.5 Å². The molecule has 0 N–H and O–H groups in total. The van der Waals surface area contributed by atoms with E-state index in [1.807, 2.05) is 0 Å². The van der Waals surface area contributed by atoms with Gasteiger partial charge in [0, 0.05) is 5.41 Å². The van der Waals surface area contributed by atoms with Gasteiger partial charge in [-0.05, 0) is 167 Å². The molecule has 0 radical (unpaired) electrons. The molecule has 0 aliphatic heterocycles. The molecule has 5 aliphatic rings. The van der Waals surface area contributed by atoms with Gasteiger partial charge in [0.25, 0.3) is 0 Å². The first-order valence-electron chi connectivity index (χ1n) is 20.9. The Morgan fingerprint density at radius 3 is 1.52 bits per heavy atom. The van der Waals surface area contributed by atoms with Crippen LogP contribution < -0.4 is 0 Å². The van der Waals surface area contributed by atoms with E-state index in [9.17, 15) is 0 Å². The summed E-state index contributed by atoms with van der Waals surface area (Å²) in [6, 6.07) is 64.9. The summed E-state index contributed by atoms with van der Waals surface area (Å²) in [5.41, 5.74) is 14.2. The largest absolute Gasteiger partial charge is 0.0619 e. The highest BCUT2D eigenvalue weighted by Crippen LogP contribution is 2.69. The van der Waals surface area contributed by atoms with E-state index in [4.69, 9.17) is 0 Å². The topological polar surface area (TPSA) is 0 Å². The molecule has 266 valence electrons. The maximum absolute atomic E-state index is 2.67. The van der Waals surface area contributed by atoms with Crippen LogP contribution in [0, 0.1) is 23.7 Å². The Morgan fingerprint density at radius 1 is 0.321 bits per heavy atom. The number of hydrogen-bond acceptors (Lipinski definition) is 0. The second-order valence-corrected chi connectivity index (χ2v) is 17.6. The Morgan fingerprint density at radius 2 is 0.821 bits per heavy atom. The molecule has 0 saturated heterocycles. The molecular formula is C56H42. The van der Waals surface area contributed by atoms with Crippen LogP contribution in [-0.4, -0.2) is 0 Å². The highest BCUT2D eigenvalue weighted by molar-refractivity contribution is 6.21. The maximum atomic E-state index is 2.67. The molecule has 9 aromatic rings. The third-order valence-corrected chi connectivity index (χ3v) is 15.0. The van der Waals surface area contributed by atoms with Gasteiger partial charge in [-0.1, -0.05) is 158 Å². The minimum Gasteiger partial charge on any atom is -0.0619 e. The Labute approximate surface area is 328 Å². The molecule has 5 aliphatic carbocycles. The third kappa shape index (κ3) is 4.20.